The van der Waals surface area contributed by atoms with Crippen LogP contribution in [-0.2, 0) is 4.74 Å². The topological polar surface area (TPSA) is 59.6 Å². The van der Waals surface area contributed by atoms with E-state index >= 15 is 0 Å². The van der Waals surface area contributed by atoms with Crippen molar-refractivity contribution in [3.63, 3.8) is 0 Å². The smallest absolute Gasteiger partial charge is 0.315 e. The van der Waals surface area contributed by atoms with Gasteiger partial charge in [0.25, 0.3) is 0 Å². The molecule has 1 aliphatic heterocycles. The van der Waals surface area contributed by atoms with Crippen LogP contribution < -0.4 is 15.4 Å². The van der Waals surface area contributed by atoms with Crippen LogP contribution in [0.3, 0.4) is 0 Å². The molecule has 0 saturated carbocycles. The summed E-state index contributed by atoms with van der Waals surface area (Å²) in [6.45, 7) is 1.47. The maximum absolute atomic E-state index is 11.8. The molecule has 1 aliphatic rings. The van der Waals surface area contributed by atoms with Crippen LogP contribution in [0.25, 0.3) is 0 Å². The van der Waals surface area contributed by atoms with Crippen molar-refractivity contribution >= 4 is 17.8 Å². The number of thioether (sulfide) groups is 1. The van der Waals surface area contributed by atoms with Crippen molar-refractivity contribution < 1.29 is 14.3 Å². The molecule has 0 atom stereocenters. The quantitative estimate of drug-likeness (QED) is 0.756. The van der Waals surface area contributed by atoms with E-state index in [2.05, 4.69) is 10.6 Å². The van der Waals surface area contributed by atoms with Crippen LogP contribution >= 0.6 is 11.8 Å². The summed E-state index contributed by atoms with van der Waals surface area (Å²) in [5.41, 5.74) is -0.205. The molecule has 0 radical (unpaired) electrons. The molecule has 2 rings (SSSR count). The van der Waals surface area contributed by atoms with Gasteiger partial charge in [-0.1, -0.05) is 18.2 Å². The van der Waals surface area contributed by atoms with E-state index < -0.39 is 0 Å². The highest BCUT2D eigenvalue weighted by molar-refractivity contribution is 7.99. The lowest BCUT2D eigenvalue weighted by molar-refractivity contribution is -0.0137. The Labute approximate surface area is 136 Å². The van der Waals surface area contributed by atoms with Gasteiger partial charge in [0.2, 0.25) is 0 Å². The summed E-state index contributed by atoms with van der Waals surface area (Å²) in [6.07, 6.45) is 1.96. The van der Waals surface area contributed by atoms with Crippen molar-refractivity contribution in [2.45, 2.75) is 18.4 Å². The molecule has 0 bridgehead atoms. The van der Waals surface area contributed by atoms with Crippen molar-refractivity contribution in [2.24, 2.45) is 0 Å². The monoisotopic (exact) mass is 324 g/mol. The molecule has 5 nitrogen and oxygen atoms in total. The van der Waals surface area contributed by atoms with Crippen LogP contribution in [0.5, 0.6) is 5.75 Å². The molecular formula is C16H24N2O3S. The minimum atomic E-state index is -0.205. The van der Waals surface area contributed by atoms with Crippen LogP contribution in [0.1, 0.15) is 12.8 Å². The second-order valence-corrected chi connectivity index (χ2v) is 6.50. The number of amides is 2. The first-order valence-electron chi connectivity index (χ1n) is 7.57. The normalized spacial score (nSPS) is 16.8. The van der Waals surface area contributed by atoms with Crippen molar-refractivity contribution in [1.82, 2.24) is 10.6 Å². The lowest BCUT2D eigenvalue weighted by Crippen LogP contribution is -2.49. The van der Waals surface area contributed by atoms with E-state index in [0.717, 1.165) is 30.1 Å². The zero-order valence-corrected chi connectivity index (χ0v) is 13.8. The second-order valence-electron chi connectivity index (χ2n) is 5.27. The third kappa shape index (κ3) is 5.42. The molecule has 1 saturated heterocycles. The molecule has 1 heterocycles. The first kappa shape index (κ1) is 17.0. The van der Waals surface area contributed by atoms with Crippen molar-refractivity contribution in [3.05, 3.63) is 30.3 Å². The van der Waals surface area contributed by atoms with E-state index in [9.17, 15) is 4.79 Å². The first-order valence-corrected chi connectivity index (χ1v) is 8.72. The van der Waals surface area contributed by atoms with Crippen molar-refractivity contribution in [1.29, 1.82) is 0 Å². The molecule has 22 heavy (non-hydrogen) atoms. The van der Waals surface area contributed by atoms with E-state index in [-0.39, 0.29) is 11.6 Å². The summed E-state index contributed by atoms with van der Waals surface area (Å²) in [4.78, 5) is 11.8. The molecule has 2 amide bonds. The van der Waals surface area contributed by atoms with Crippen LogP contribution in [0, 0.1) is 0 Å². The Bertz CT molecular complexity index is 450. The van der Waals surface area contributed by atoms with Crippen molar-refractivity contribution in [3.8, 4) is 5.75 Å². The molecule has 0 unspecified atom stereocenters. The average molecular weight is 324 g/mol. The third-order valence-electron chi connectivity index (χ3n) is 3.81. The highest BCUT2D eigenvalue weighted by Crippen LogP contribution is 2.29. The molecule has 1 fully saturated rings. The van der Waals surface area contributed by atoms with Gasteiger partial charge in [-0.2, -0.15) is 11.8 Å². The molecule has 0 aliphatic carbocycles. The molecule has 1 aromatic carbocycles. The molecule has 122 valence electrons. The molecule has 2 N–H and O–H groups in total. The fourth-order valence-corrected chi connectivity index (χ4v) is 3.59. The van der Waals surface area contributed by atoms with Crippen molar-refractivity contribution in [2.75, 3.05) is 38.3 Å². The highest BCUT2D eigenvalue weighted by Gasteiger charge is 2.32. The van der Waals surface area contributed by atoms with Gasteiger partial charge in [-0.05, 0) is 36.5 Å². The number of para-hydroxylation sites is 1. The van der Waals surface area contributed by atoms with E-state index in [4.69, 9.17) is 9.47 Å². The Kier molecular flexibility index (Phi) is 6.86. The maximum atomic E-state index is 11.8. The van der Waals surface area contributed by atoms with E-state index in [1.807, 2.05) is 42.1 Å². The maximum Gasteiger partial charge on any atom is 0.315 e. The van der Waals surface area contributed by atoms with E-state index in [1.54, 1.807) is 7.11 Å². The Balaban J connectivity index is 1.61. The SMILES string of the molecule is COC1(CNC(=O)NCCOc2ccccc2)CCSCC1. The number of rotatable bonds is 7. The Hall–Kier alpha value is -1.40. The zero-order chi connectivity index (χ0) is 15.7. The van der Waals surface area contributed by atoms with E-state index in [1.165, 1.54) is 0 Å². The fraction of sp³-hybridized carbons (Fsp3) is 0.562. The number of hydrogen-bond donors (Lipinski definition) is 2. The first-order chi connectivity index (χ1) is 10.7. The summed E-state index contributed by atoms with van der Waals surface area (Å²) in [6, 6.07) is 9.39. The van der Waals surface area contributed by atoms with Crippen LogP contribution in [0.2, 0.25) is 0 Å². The fourth-order valence-electron chi connectivity index (χ4n) is 2.35. The molecular weight excluding hydrogens is 300 g/mol. The average Bonchev–Trinajstić information content (AvgIpc) is 2.59. The van der Waals surface area contributed by atoms with Crippen LogP contribution in [0.15, 0.2) is 30.3 Å². The Morgan fingerprint density at radius 3 is 2.64 bits per heavy atom. The Morgan fingerprint density at radius 1 is 1.23 bits per heavy atom. The van der Waals surface area contributed by atoms with E-state index in [0.29, 0.717) is 19.7 Å². The number of benzene rings is 1. The van der Waals surface area contributed by atoms with Gasteiger partial charge < -0.3 is 20.1 Å². The lowest BCUT2D eigenvalue weighted by atomic mass is 9.96. The number of carbonyl (C=O) groups excluding carboxylic acids is 1. The minimum Gasteiger partial charge on any atom is -0.492 e. The van der Waals surface area contributed by atoms with Gasteiger partial charge in [0.1, 0.15) is 12.4 Å². The molecule has 0 spiro atoms. The standard InChI is InChI=1S/C16H24N2O3S/c1-20-16(7-11-22-12-8-16)13-18-15(19)17-9-10-21-14-5-3-2-4-6-14/h2-6H,7-13H2,1H3,(H2,17,18,19). The van der Waals surface area contributed by atoms with Gasteiger partial charge in [0, 0.05) is 13.7 Å². The number of nitrogens with one attached hydrogen (secondary N) is 2. The number of urea groups is 1. The zero-order valence-electron chi connectivity index (χ0n) is 13.0. The number of hydrogen-bond acceptors (Lipinski definition) is 4. The Morgan fingerprint density at radius 2 is 1.95 bits per heavy atom. The third-order valence-corrected chi connectivity index (χ3v) is 4.79. The molecule has 6 heteroatoms. The van der Waals surface area contributed by atoms with Gasteiger partial charge in [-0.25, -0.2) is 4.79 Å². The number of ether oxygens (including phenoxy) is 2. The van der Waals surface area contributed by atoms with Gasteiger partial charge in [0.15, 0.2) is 0 Å². The summed E-state index contributed by atoms with van der Waals surface area (Å²) < 4.78 is 11.2. The summed E-state index contributed by atoms with van der Waals surface area (Å²) >= 11 is 1.94. The van der Waals surface area contributed by atoms with Gasteiger partial charge in [-0.3, -0.25) is 0 Å². The summed E-state index contributed by atoms with van der Waals surface area (Å²) in [7, 11) is 1.73. The molecule has 1 aromatic rings. The summed E-state index contributed by atoms with van der Waals surface area (Å²) in [5, 5.41) is 5.70. The van der Waals surface area contributed by atoms with Crippen LogP contribution in [-0.4, -0.2) is 49.9 Å². The number of methoxy groups -OCH3 is 1. The largest absolute Gasteiger partial charge is 0.492 e. The van der Waals surface area contributed by atoms with Gasteiger partial charge in [0.05, 0.1) is 12.1 Å². The minimum absolute atomic E-state index is 0.175. The summed E-state index contributed by atoms with van der Waals surface area (Å²) in [5.74, 6) is 2.98. The van der Waals surface area contributed by atoms with Gasteiger partial charge >= 0.3 is 6.03 Å². The highest BCUT2D eigenvalue weighted by atomic mass is 32.2. The second kappa shape index (κ2) is 8.90. The predicted octanol–water partition coefficient (Wildman–Crippen LogP) is 2.28. The number of carbonyl (C=O) groups is 1. The lowest BCUT2D eigenvalue weighted by Gasteiger charge is -2.35. The predicted molar refractivity (Wildman–Crippen MR) is 89.6 cm³/mol. The molecule has 0 aromatic heterocycles. The van der Waals surface area contributed by atoms with Crippen LogP contribution in [0.4, 0.5) is 4.79 Å². The van der Waals surface area contributed by atoms with Gasteiger partial charge in [-0.15, -0.1) is 0 Å².